The molecule has 1 aromatic rings. The van der Waals surface area contributed by atoms with Crippen LogP contribution in [0.5, 0.6) is 5.75 Å². The van der Waals surface area contributed by atoms with Gasteiger partial charge in [-0.05, 0) is 24.6 Å². The topological polar surface area (TPSA) is 105 Å². The van der Waals surface area contributed by atoms with Gasteiger partial charge in [0.2, 0.25) is 11.8 Å². The average Bonchev–Trinajstić information content (AvgIpc) is 2.51. The molecule has 0 fully saturated rings. The Labute approximate surface area is 147 Å². The SMILES string of the molecule is COc1cccc(C(C)(CC(=O)O)NC(=O)CC(=O)NCC(F)(F)F)c1. The molecule has 26 heavy (non-hydrogen) atoms. The Morgan fingerprint density at radius 2 is 1.85 bits per heavy atom. The molecule has 0 spiro atoms. The van der Waals surface area contributed by atoms with Gasteiger partial charge in [-0.15, -0.1) is 0 Å². The fourth-order valence-electron chi connectivity index (χ4n) is 2.25. The Morgan fingerprint density at radius 1 is 1.19 bits per heavy atom. The Hall–Kier alpha value is -2.78. The number of aliphatic carboxylic acids is 1. The van der Waals surface area contributed by atoms with Gasteiger partial charge in [0.25, 0.3) is 0 Å². The number of halogens is 3. The van der Waals surface area contributed by atoms with Crippen LogP contribution in [0.4, 0.5) is 13.2 Å². The second-order valence-corrected chi connectivity index (χ2v) is 5.75. The van der Waals surface area contributed by atoms with Gasteiger partial charge in [0.15, 0.2) is 0 Å². The van der Waals surface area contributed by atoms with Gasteiger partial charge in [-0.25, -0.2) is 0 Å². The van der Waals surface area contributed by atoms with Gasteiger partial charge in [0.1, 0.15) is 18.7 Å². The number of carbonyl (C=O) groups excluding carboxylic acids is 2. The van der Waals surface area contributed by atoms with Crippen molar-refractivity contribution in [2.24, 2.45) is 0 Å². The van der Waals surface area contributed by atoms with E-state index in [1.807, 2.05) is 0 Å². The molecular formula is C16H19F3N2O5. The first-order valence-corrected chi connectivity index (χ1v) is 7.46. The van der Waals surface area contributed by atoms with Crippen molar-refractivity contribution < 1.29 is 37.4 Å². The lowest BCUT2D eigenvalue weighted by atomic mass is 9.88. The summed E-state index contributed by atoms with van der Waals surface area (Å²) in [5, 5.41) is 13.1. The van der Waals surface area contributed by atoms with Crippen LogP contribution >= 0.6 is 0 Å². The summed E-state index contributed by atoms with van der Waals surface area (Å²) in [6.07, 6.45) is -5.96. The van der Waals surface area contributed by atoms with Gasteiger partial charge in [0, 0.05) is 0 Å². The van der Waals surface area contributed by atoms with E-state index >= 15 is 0 Å². The third-order valence-electron chi connectivity index (χ3n) is 3.43. The number of carbonyl (C=O) groups is 3. The average molecular weight is 376 g/mol. The van der Waals surface area contributed by atoms with E-state index in [-0.39, 0.29) is 0 Å². The van der Waals surface area contributed by atoms with Gasteiger partial charge in [-0.3, -0.25) is 14.4 Å². The van der Waals surface area contributed by atoms with Gasteiger partial charge in [-0.2, -0.15) is 13.2 Å². The van der Waals surface area contributed by atoms with Crippen LogP contribution in [-0.2, 0) is 19.9 Å². The number of carboxylic acid groups (broad SMARTS) is 1. The summed E-state index contributed by atoms with van der Waals surface area (Å²) in [5.41, 5.74) is -0.981. The van der Waals surface area contributed by atoms with Crippen molar-refractivity contribution in [3.8, 4) is 5.75 Å². The Morgan fingerprint density at radius 3 is 2.38 bits per heavy atom. The number of rotatable bonds is 8. The number of amides is 2. The maximum atomic E-state index is 12.1. The predicted octanol–water partition coefficient (Wildman–Crippen LogP) is 1.57. The monoisotopic (exact) mass is 376 g/mol. The van der Waals surface area contributed by atoms with Crippen molar-refractivity contribution in [2.75, 3.05) is 13.7 Å². The normalized spacial score (nSPS) is 13.4. The van der Waals surface area contributed by atoms with Gasteiger partial charge < -0.3 is 20.5 Å². The first-order chi connectivity index (χ1) is 11.9. The van der Waals surface area contributed by atoms with E-state index in [1.54, 1.807) is 23.5 Å². The molecule has 2 amide bonds. The van der Waals surface area contributed by atoms with Crippen LogP contribution in [0.2, 0.25) is 0 Å². The number of methoxy groups -OCH3 is 1. The van der Waals surface area contributed by atoms with E-state index in [1.165, 1.54) is 20.1 Å². The minimum absolute atomic E-state index is 0.406. The summed E-state index contributed by atoms with van der Waals surface area (Å²) in [6, 6.07) is 6.30. The van der Waals surface area contributed by atoms with E-state index in [0.717, 1.165) is 0 Å². The lowest BCUT2D eigenvalue weighted by Crippen LogP contribution is -2.46. The van der Waals surface area contributed by atoms with E-state index < -0.39 is 48.9 Å². The molecule has 0 aliphatic heterocycles. The maximum absolute atomic E-state index is 12.1. The first kappa shape index (κ1) is 21.3. The van der Waals surface area contributed by atoms with Gasteiger partial charge >= 0.3 is 12.1 Å². The molecular weight excluding hydrogens is 357 g/mol. The largest absolute Gasteiger partial charge is 0.497 e. The molecule has 1 unspecified atom stereocenters. The molecule has 10 heteroatoms. The van der Waals surface area contributed by atoms with Crippen molar-refractivity contribution in [3.63, 3.8) is 0 Å². The third kappa shape index (κ3) is 6.99. The summed E-state index contributed by atoms with van der Waals surface area (Å²) >= 11 is 0. The van der Waals surface area contributed by atoms with E-state index in [9.17, 15) is 27.6 Å². The van der Waals surface area contributed by atoms with Crippen molar-refractivity contribution in [3.05, 3.63) is 29.8 Å². The summed E-state index contributed by atoms with van der Waals surface area (Å²) in [4.78, 5) is 34.6. The maximum Gasteiger partial charge on any atom is 0.405 e. The molecule has 0 heterocycles. The van der Waals surface area contributed by atoms with Crippen LogP contribution in [0, 0.1) is 0 Å². The van der Waals surface area contributed by atoms with Crippen LogP contribution in [0.3, 0.4) is 0 Å². The highest BCUT2D eigenvalue weighted by Crippen LogP contribution is 2.28. The van der Waals surface area contributed by atoms with Crippen LogP contribution < -0.4 is 15.4 Å². The molecule has 0 bridgehead atoms. The number of nitrogens with one attached hydrogen (secondary N) is 2. The predicted molar refractivity (Wildman–Crippen MR) is 84.4 cm³/mol. The fraction of sp³-hybridized carbons (Fsp3) is 0.438. The van der Waals surface area contributed by atoms with E-state index in [2.05, 4.69) is 5.32 Å². The number of alkyl halides is 3. The second-order valence-electron chi connectivity index (χ2n) is 5.75. The molecule has 0 saturated carbocycles. The zero-order valence-corrected chi connectivity index (χ0v) is 14.1. The highest BCUT2D eigenvalue weighted by molar-refractivity contribution is 5.97. The summed E-state index contributed by atoms with van der Waals surface area (Å²) in [5.74, 6) is -2.81. The lowest BCUT2D eigenvalue weighted by molar-refractivity contribution is -0.141. The Kier molecular flexibility index (Phi) is 6.99. The number of hydrogen-bond donors (Lipinski definition) is 3. The molecule has 1 rings (SSSR count). The van der Waals surface area contributed by atoms with Crippen LogP contribution in [0.15, 0.2) is 24.3 Å². The van der Waals surface area contributed by atoms with Crippen LogP contribution in [-0.4, -0.2) is 42.7 Å². The summed E-state index contributed by atoms with van der Waals surface area (Å²) < 4.78 is 41.3. The molecule has 0 aliphatic carbocycles. The second kappa shape index (κ2) is 8.54. The molecule has 1 aromatic carbocycles. The smallest absolute Gasteiger partial charge is 0.405 e. The number of carboxylic acids is 1. The van der Waals surface area contributed by atoms with E-state index in [4.69, 9.17) is 9.84 Å². The third-order valence-corrected chi connectivity index (χ3v) is 3.43. The first-order valence-electron chi connectivity index (χ1n) is 7.46. The van der Waals surface area contributed by atoms with Crippen molar-refractivity contribution in [1.82, 2.24) is 10.6 Å². The minimum atomic E-state index is -4.59. The lowest BCUT2D eigenvalue weighted by Gasteiger charge is -2.30. The van der Waals surface area contributed by atoms with Gasteiger partial charge in [-0.1, -0.05) is 12.1 Å². The van der Waals surface area contributed by atoms with Crippen molar-refractivity contribution in [2.45, 2.75) is 31.5 Å². The Balaban J connectivity index is 2.88. The fourth-order valence-corrected chi connectivity index (χ4v) is 2.25. The van der Waals surface area contributed by atoms with Crippen molar-refractivity contribution in [1.29, 1.82) is 0 Å². The highest BCUT2D eigenvalue weighted by Gasteiger charge is 2.33. The zero-order valence-electron chi connectivity index (χ0n) is 14.1. The number of ether oxygens (including phenoxy) is 1. The summed E-state index contributed by atoms with van der Waals surface area (Å²) in [6.45, 7) is -0.122. The molecule has 3 N–H and O–H groups in total. The number of hydrogen-bond acceptors (Lipinski definition) is 4. The molecule has 144 valence electrons. The molecule has 0 aliphatic rings. The highest BCUT2D eigenvalue weighted by atomic mass is 19.4. The molecule has 7 nitrogen and oxygen atoms in total. The minimum Gasteiger partial charge on any atom is -0.497 e. The number of benzene rings is 1. The van der Waals surface area contributed by atoms with E-state index in [0.29, 0.717) is 11.3 Å². The Bertz CT molecular complexity index is 678. The molecule has 1 atom stereocenters. The molecule has 0 radical (unpaired) electrons. The quantitative estimate of drug-likeness (QED) is 0.598. The summed E-state index contributed by atoms with van der Waals surface area (Å²) in [7, 11) is 1.41. The molecule has 0 saturated heterocycles. The van der Waals surface area contributed by atoms with Crippen LogP contribution in [0.1, 0.15) is 25.3 Å². The van der Waals surface area contributed by atoms with Crippen molar-refractivity contribution >= 4 is 17.8 Å². The molecule has 0 aromatic heterocycles. The van der Waals surface area contributed by atoms with Gasteiger partial charge in [0.05, 0.1) is 19.1 Å². The zero-order chi connectivity index (χ0) is 20.0. The standard InChI is InChI=1S/C16H19F3N2O5/c1-15(8-14(24)25,10-4-3-5-11(6-10)26-2)21-13(23)7-12(22)20-9-16(17,18)19/h3-6H,7-9H2,1-2H3,(H,20,22)(H,21,23)(H,24,25). The van der Waals surface area contributed by atoms with Crippen LogP contribution in [0.25, 0.3) is 0 Å².